The van der Waals surface area contributed by atoms with Crippen molar-refractivity contribution in [1.82, 2.24) is 4.90 Å². The zero-order valence-corrected chi connectivity index (χ0v) is 15.8. The maximum Gasteiger partial charge on any atom is 0.292 e. The first kappa shape index (κ1) is 19.5. The summed E-state index contributed by atoms with van der Waals surface area (Å²) in [4.78, 5) is 25.8. The Bertz CT molecular complexity index is 853. The number of ether oxygens (including phenoxy) is 2. The van der Waals surface area contributed by atoms with Gasteiger partial charge in [0.05, 0.1) is 0 Å². The number of carbonyl (C=O) groups excluding carboxylic acids is 2. The first-order valence-electron chi connectivity index (χ1n) is 9.23. The van der Waals surface area contributed by atoms with Crippen molar-refractivity contribution in [3.8, 4) is 0 Å². The minimum atomic E-state index is -0.463. The molecule has 1 heterocycles. The van der Waals surface area contributed by atoms with Gasteiger partial charge in [-0.25, -0.2) is 0 Å². The van der Waals surface area contributed by atoms with E-state index in [2.05, 4.69) is 6.08 Å². The van der Waals surface area contributed by atoms with Crippen molar-refractivity contribution in [2.45, 2.75) is 31.7 Å². The SMILES string of the molecule is CN(C(=O)C1=COC(C2=CC=CCC2)=CO1)C(CC(N)=O)Cc1ccccc1. The first-order chi connectivity index (χ1) is 13.5. The molecule has 0 fully saturated rings. The minimum Gasteiger partial charge on any atom is -0.457 e. The van der Waals surface area contributed by atoms with Gasteiger partial charge in [0.25, 0.3) is 5.91 Å². The van der Waals surface area contributed by atoms with Gasteiger partial charge in [-0.05, 0) is 30.4 Å². The Morgan fingerprint density at radius 1 is 1.18 bits per heavy atom. The number of amides is 2. The van der Waals surface area contributed by atoms with Gasteiger partial charge in [0, 0.05) is 19.5 Å². The van der Waals surface area contributed by atoms with E-state index in [-0.39, 0.29) is 24.1 Å². The van der Waals surface area contributed by atoms with Gasteiger partial charge in [0.15, 0.2) is 5.76 Å². The molecule has 6 nitrogen and oxygen atoms in total. The molecule has 0 radical (unpaired) electrons. The second-order valence-electron chi connectivity index (χ2n) is 6.79. The lowest BCUT2D eigenvalue weighted by Gasteiger charge is -2.28. The lowest BCUT2D eigenvalue weighted by molar-refractivity contribution is -0.132. The topological polar surface area (TPSA) is 81.9 Å². The van der Waals surface area contributed by atoms with Crippen LogP contribution in [0.1, 0.15) is 24.8 Å². The predicted molar refractivity (Wildman–Crippen MR) is 105 cm³/mol. The Morgan fingerprint density at radius 2 is 1.96 bits per heavy atom. The summed E-state index contributed by atoms with van der Waals surface area (Å²) < 4.78 is 11.1. The maximum atomic E-state index is 12.8. The number of carbonyl (C=O) groups is 2. The molecule has 2 aliphatic rings. The first-order valence-corrected chi connectivity index (χ1v) is 9.23. The Morgan fingerprint density at radius 3 is 2.57 bits per heavy atom. The van der Waals surface area contributed by atoms with Crippen molar-refractivity contribution < 1.29 is 19.1 Å². The van der Waals surface area contributed by atoms with Crippen molar-refractivity contribution >= 4 is 11.8 Å². The van der Waals surface area contributed by atoms with Crippen molar-refractivity contribution in [2.24, 2.45) is 5.73 Å². The van der Waals surface area contributed by atoms with Crippen LogP contribution in [-0.4, -0.2) is 29.8 Å². The summed E-state index contributed by atoms with van der Waals surface area (Å²) in [5, 5.41) is 0. The molecule has 0 bridgehead atoms. The lowest BCUT2D eigenvalue weighted by atomic mass is 10.0. The number of nitrogens with two attached hydrogens (primary N) is 1. The fourth-order valence-corrected chi connectivity index (χ4v) is 3.15. The lowest BCUT2D eigenvalue weighted by Crippen LogP contribution is -2.42. The van der Waals surface area contributed by atoms with Crippen LogP contribution in [0.3, 0.4) is 0 Å². The summed E-state index contributed by atoms with van der Waals surface area (Å²) in [5.41, 5.74) is 7.43. The smallest absolute Gasteiger partial charge is 0.292 e. The molecule has 28 heavy (non-hydrogen) atoms. The van der Waals surface area contributed by atoms with Crippen LogP contribution in [0.25, 0.3) is 0 Å². The van der Waals surface area contributed by atoms with Crippen LogP contribution in [0.15, 0.2) is 78.2 Å². The highest BCUT2D eigenvalue weighted by Gasteiger charge is 2.27. The molecule has 146 valence electrons. The molecule has 0 saturated carbocycles. The summed E-state index contributed by atoms with van der Waals surface area (Å²) in [7, 11) is 1.64. The molecule has 0 aromatic heterocycles. The van der Waals surface area contributed by atoms with Gasteiger partial charge in [-0.3, -0.25) is 9.59 Å². The number of benzene rings is 1. The highest BCUT2D eigenvalue weighted by atomic mass is 16.5. The zero-order chi connectivity index (χ0) is 19.9. The van der Waals surface area contributed by atoms with E-state index in [0.717, 1.165) is 24.0 Å². The molecule has 6 heteroatoms. The number of allylic oxidation sites excluding steroid dienone is 4. The minimum absolute atomic E-state index is 0.0611. The van der Waals surface area contributed by atoms with Gasteiger partial charge >= 0.3 is 0 Å². The molecular weight excluding hydrogens is 356 g/mol. The summed E-state index contributed by atoms with van der Waals surface area (Å²) in [6.45, 7) is 0. The van der Waals surface area contributed by atoms with Crippen LogP contribution in [0.5, 0.6) is 0 Å². The summed E-state index contributed by atoms with van der Waals surface area (Å²) in [5.74, 6) is -0.160. The number of hydrogen-bond donors (Lipinski definition) is 1. The summed E-state index contributed by atoms with van der Waals surface area (Å²) in [6, 6.07) is 9.27. The molecule has 1 aromatic carbocycles. The van der Waals surface area contributed by atoms with E-state index in [1.807, 2.05) is 42.5 Å². The van der Waals surface area contributed by atoms with E-state index >= 15 is 0 Å². The second kappa shape index (κ2) is 9.08. The molecule has 2 N–H and O–H groups in total. The molecule has 0 saturated heterocycles. The number of nitrogens with zero attached hydrogens (tertiary/aromatic N) is 1. The fraction of sp³-hybridized carbons (Fsp3) is 0.273. The molecule has 3 rings (SSSR count). The molecule has 1 aliphatic carbocycles. The average molecular weight is 380 g/mol. The van der Waals surface area contributed by atoms with Crippen molar-refractivity contribution in [3.05, 3.63) is 83.7 Å². The van der Waals surface area contributed by atoms with Gasteiger partial charge in [0.2, 0.25) is 11.7 Å². The maximum absolute atomic E-state index is 12.8. The van der Waals surface area contributed by atoms with E-state index in [0.29, 0.717) is 12.2 Å². The summed E-state index contributed by atoms with van der Waals surface area (Å²) >= 11 is 0. The molecule has 1 unspecified atom stereocenters. The van der Waals surface area contributed by atoms with Crippen LogP contribution in [0.2, 0.25) is 0 Å². The van der Waals surface area contributed by atoms with E-state index in [1.54, 1.807) is 7.05 Å². The standard InChI is InChI=1S/C22H24N2O4/c1-24(18(13-21(23)25)12-16-8-4-2-5-9-16)22(26)20-15-27-19(14-28-20)17-10-6-3-7-11-17/h2-6,8-10,14-15,18H,7,11-13H2,1H3,(H2,23,25). The monoisotopic (exact) mass is 380 g/mol. The number of primary amides is 1. The van der Waals surface area contributed by atoms with E-state index < -0.39 is 5.91 Å². The number of likely N-dealkylation sites (N-methyl/N-ethyl adjacent to an activating group) is 1. The molecule has 0 spiro atoms. The predicted octanol–water partition coefficient (Wildman–Crippen LogP) is 2.94. The van der Waals surface area contributed by atoms with Gasteiger partial charge in [-0.1, -0.05) is 48.6 Å². The van der Waals surface area contributed by atoms with E-state index in [9.17, 15) is 9.59 Å². The Labute approximate surface area is 164 Å². The Kier molecular flexibility index (Phi) is 6.32. The Hall–Kier alpha value is -3.28. The van der Waals surface area contributed by atoms with Crippen LogP contribution in [0.4, 0.5) is 0 Å². The number of hydrogen-bond acceptors (Lipinski definition) is 4. The Balaban J connectivity index is 1.67. The molecule has 2 amide bonds. The summed E-state index contributed by atoms with van der Waals surface area (Å²) in [6.07, 6.45) is 11.2. The number of rotatable bonds is 7. The fourth-order valence-electron chi connectivity index (χ4n) is 3.15. The average Bonchev–Trinajstić information content (AvgIpc) is 2.73. The van der Waals surface area contributed by atoms with Crippen LogP contribution >= 0.6 is 0 Å². The van der Waals surface area contributed by atoms with Gasteiger partial charge < -0.3 is 20.1 Å². The van der Waals surface area contributed by atoms with Crippen molar-refractivity contribution in [1.29, 1.82) is 0 Å². The highest BCUT2D eigenvalue weighted by Crippen LogP contribution is 2.26. The van der Waals surface area contributed by atoms with E-state index in [4.69, 9.17) is 15.2 Å². The van der Waals surface area contributed by atoms with Crippen molar-refractivity contribution in [2.75, 3.05) is 7.05 Å². The van der Waals surface area contributed by atoms with Crippen molar-refractivity contribution in [3.63, 3.8) is 0 Å². The normalized spacial score (nSPS) is 16.7. The third kappa shape index (κ3) is 4.91. The van der Waals surface area contributed by atoms with E-state index in [1.165, 1.54) is 17.4 Å². The van der Waals surface area contributed by atoms with Crippen LogP contribution in [0, 0.1) is 0 Å². The molecule has 1 atom stereocenters. The molecule has 1 aromatic rings. The van der Waals surface area contributed by atoms with Gasteiger partial charge in [-0.2, -0.15) is 0 Å². The largest absolute Gasteiger partial charge is 0.457 e. The quantitative estimate of drug-likeness (QED) is 0.788. The van der Waals surface area contributed by atoms with Gasteiger partial charge in [0.1, 0.15) is 12.5 Å². The second-order valence-corrected chi connectivity index (χ2v) is 6.79. The molecule has 1 aliphatic heterocycles. The molecular formula is C22H24N2O4. The third-order valence-corrected chi connectivity index (χ3v) is 4.75. The van der Waals surface area contributed by atoms with Crippen LogP contribution in [-0.2, 0) is 25.5 Å². The van der Waals surface area contributed by atoms with Gasteiger partial charge in [-0.15, -0.1) is 0 Å². The third-order valence-electron chi connectivity index (χ3n) is 4.75. The zero-order valence-electron chi connectivity index (χ0n) is 15.8. The van der Waals surface area contributed by atoms with Crippen LogP contribution < -0.4 is 5.73 Å². The highest BCUT2D eigenvalue weighted by molar-refractivity contribution is 5.92.